The average Bonchev–Trinajstić information content (AvgIpc) is 3.01. The van der Waals surface area contributed by atoms with E-state index in [1.165, 1.54) is 25.1 Å². The van der Waals surface area contributed by atoms with E-state index in [9.17, 15) is 24.3 Å². The van der Waals surface area contributed by atoms with Crippen molar-refractivity contribution in [3.63, 3.8) is 0 Å². The summed E-state index contributed by atoms with van der Waals surface area (Å²) in [5, 5.41) is 17.1. The lowest BCUT2D eigenvalue weighted by molar-refractivity contribution is -0.117. The number of nitrogens with one attached hydrogen (secondary N) is 1. The standard InChI is InChI=1S/C21H25ClN4O5/c1-13(27)12-25-18(28)11-23-26(21(25)31)15-8-9-17(22)16(10-15)20(30)24-19(29)14-6-4-2-3-5-7-14/h8-11,14,19,29H,2-7,12H2,1H3,(H,24,30). The van der Waals surface area contributed by atoms with Gasteiger partial charge in [0.1, 0.15) is 18.2 Å². The maximum Gasteiger partial charge on any atom is 0.352 e. The van der Waals surface area contributed by atoms with Gasteiger partial charge in [-0.25, -0.2) is 9.36 Å². The van der Waals surface area contributed by atoms with Crippen molar-refractivity contribution >= 4 is 23.3 Å². The summed E-state index contributed by atoms with van der Waals surface area (Å²) in [5.74, 6) is -0.956. The zero-order chi connectivity index (χ0) is 22.5. The molecule has 0 spiro atoms. The summed E-state index contributed by atoms with van der Waals surface area (Å²) < 4.78 is 1.68. The zero-order valence-electron chi connectivity index (χ0n) is 17.2. The molecule has 1 atom stereocenters. The minimum atomic E-state index is -0.997. The van der Waals surface area contributed by atoms with E-state index in [1.807, 2.05) is 0 Å². The van der Waals surface area contributed by atoms with Crippen molar-refractivity contribution in [1.82, 2.24) is 19.7 Å². The maximum absolute atomic E-state index is 12.8. The maximum atomic E-state index is 12.8. The SMILES string of the molecule is CC(=O)Cn1c(=O)cnn(-c2ccc(Cl)c(C(=O)NC(O)C3CCCCCC3)c2)c1=O. The number of carbonyl (C=O) groups excluding carboxylic acids is 2. The molecule has 31 heavy (non-hydrogen) atoms. The van der Waals surface area contributed by atoms with Gasteiger partial charge in [0.2, 0.25) is 0 Å². The van der Waals surface area contributed by atoms with E-state index < -0.39 is 23.4 Å². The lowest BCUT2D eigenvalue weighted by Gasteiger charge is -2.22. The number of aliphatic hydroxyl groups excluding tert-OH is 1. The van der Waals surface area contributed by atoms with E-state index in [-0.39, 0.29) is 34.5 Å². The van der Waals surface area contributed by atoms with Crippen LogP contribution in [0.3, 0.4) is 0 Å². The Morgan fingerprint density at radius 1 is 1.23 bits per heavy atom. The third-order valence-corrected chi connectivity index (χ3v) is 5.74. The second-order valence-electron chi connectivity index (χ2n) is 7.80. The number of benzene rings is 1. The first kappa shape index (κ1) is 22.9. The fourth-order valence-electron chi connectivity index (χ4n) is 3.76. The summed E-state index contributed by atoms with van der Waals surface area (Å²) in [6.07, 6.45) is 5.88. The number of hydrogen-bond donors (Lipinski definition) is 2. The molecule has 1 saturated carbocycles. The van der Waals surface area contributed by atoms with Crippen molar-refractivity contribution in [2.75, 3.05) is 0 Å². The first-order valence-corrected chi connectivity index (χ1v) is 10.6. The minimum absolute atomic E-state index is 0.0205. The van der Waals surface area contributed by atoms with Gasteiger partial charge in [-0.05, 0) is 38.0 Å². The molecule has 0 bridgehead atoms. The average molecular weight is 449 g/mol. The van der Waals surface area contributed by atoms with Crippen LogP contribution in [0.15, 0.2) is 34.0 Å². The number of nitrogens with zero attached hydrogens (tertiary/aromatic N) is 3. The lowest BCUT2D eigenvalue weighted by atomic mass is 9.98. The normalized spacial score (nSPS) is 15.8. The third kappa shape index (κ3) is 5.48. The second kappa shape index (κ2) is 10.0. The van der Waals surface area contributed by atoms with Crippen LogP contribution in [0.2, 0.25) is 5.02 Å². The molecular formula is C21H25ClN4O5. The van der Waals surface area contributed by atoms with Crippen molar-refractivity contribution in [2.24, 2.45) is 5.92 Å². The summed E-state index contributed by atoms with van der Waals surface area (Å²) in [6.45, 7) is 0.885. The van der Waals surface area contributed by atoms with Crippen LogP contribution in [0.5, 0.6) is 0 Å². The van der Waals surface area contributed by atoms with Gasteiger partial charge in [0, 0.05) is 5.92 Å². The number of rotatable bonds is 6. The lowest BCUT2D eigenvalue weighted by Crippen LogP contribution is -2.42. The van der Waals surface area contributed by atoms with Crippen LogP contribution in [0.4, 0.5) is 0 Å². The van der Waals surface area contributed by atoms with Crippen LogP contribution in [-0.2, 0) is 11.3 Å². The molecular weight excluding hydrogens is 424 g/mol. The number of Topliss-reactive ketones (excluding diaryl/α,β-unsaturated/α-hetero) is 1. The second-order valence-corrected chi connectivity index (χ2v) is 8.21. The highest BCUT2D eigenvalue weighted by atomic mass is 35.5. The summed E-state index contributed by atoms with van der Waals surface area (Å²) >= 11 is 6.19. The number of carbonyl (C=O) groups is 2. The van der Waals surface area contributed by atoms with Crippen LogP contribution in [0.25, 0.3) is 5.69 Å². The molecule has 2 aromatic rings. The summed E-state index contributed by atoms with van der Waals surface area (Å²) in [4.78, 5) is 48.7. The number of aromatic nitrogens is 3. The van der Waals surface area contributed by atoms with Gasteiger partial charge in [0.25, 0.3) is 11.5 Å². The number of amides is 1. The first-order chi connectivity index (χ1) is 14.8. The van der Waals surface area contributed by atoms with Crippen molar-refractivity contribution in [3.05, 3.63) is 55.8 Å². The Hall–Kier alpha value is -2.78. The Balaban J connectivity index is 1.88. The van der Waals surface area contributed by atoms with Crippen LogP contribution < -0.4 is 16.6 Å². The Labute approximate surface area is 183 Å². The molecule has 1 fully saturated rings. The van der Waals surface area contributed by atoms with E-state index in [0.29, 0.717) is 0 Å². The number of aliphatic hydroxyl groups is 1. The topological polar surface area (TPSA) is 123 Å². The van der Waals surface area contributed by atoms with Crippen molar-refractivity contribution in [3.8, 4) is 5.69 Å². The molecule has 1 aromatic carbocycles. The van der Waals surface area contributed by atoms with Crippen molar-refractivity contribution in [1.29, 1.82) is 0 Å². The predicted molar refractivity (Wildman–Crippen MR) is 114 cm³/mol. The zero-order valence-corrected chi connectivity index (χ0v) is 18.0. The molecule has 1 amide bonds. The predicted octanol–water partition coefficient (Wildman–Crippen LogP) is 1.66. The van der Waals surface area contributed by atoms with E-state index >= 15 is 0 Å². The van der Waals surface area contributed by atoms with Crippen LogP contribution in [0.1, 0.15) is 55.8 Å². The Kier molecular flexibility index (Phi) is 7.40. The quantitative estimate of drug-likeness (QED) is 0.511. The van der Waals surface area contributed by atoms with E-state index in [2.05, 4.69) is 10.4 Å². The highest BCUT2D eigenvalue weighted by Crippen LogP contribution is 2.25. The van der Waals surface area contributed by atoms with Crippen LogP contribution in [-0.4, -0.2) is 37.4 Å². The van der Waals surface area contributed by atoms with E-state index in [1.54, 1.807) is 0 Å². The van der Waals surface area contributed by atoms with Crippen molar-refractivity contribution < 1.29 is 14.7 Å². The fourth-order valence-corrected chi connectivity index (χ4v) is 3.96. The molecule has 0 aliphatic heterocycles. The van der Waals surface area contributed by atoms with Crippen molar-refractivity contribution in [2.45, 2.75) is 58.2 Å². The van der Waals surface area contributed by atoms with Gasteiger partial charge in [0.15, 0.2) is 0 Å². The number of halogens is 1. The van der Waals surface area contributed by atoms with Crippen LogP contribution >= 0.6 is 11.6 Å². The largest absolute Gasteiger partial charge is 0.373 e. The summed E-state index contributed by atoms with van der Waals surface area (Å²) in [6, 6.07) is 4.25. The van der Waals surface area contributed by atoms with Gasteiger partial charge in [-0.15, -0.1) is 0 Å². The first-order valence-electron chi connectivity index (χ1n) is 10.3. The van der Waals surface area contributed by atoms with Crippen LogP contribution in [0, 0.1) is 5.92 Å². The number of hydrogen-bond acceptors (Lipinski definition) is 6. The fraction of sp³-hybridized carbons (Fsp3) is 0.476. The van der Waals surface area contributed by atoms with Gasteiger partial charge < -0.3 is 10.4 Å². The van der Waals surface area contributed by atoms with Gasteiger partial charge in [0.05, 0.1) is 22.8 Å². The molecule has 2 N–H and O–H groups in total. The molecule has 10 heteroatoms. The Bertz CT molecular complexity index is 1090. The molecule has 1 unspecified atom stereocenters. The van der Waals surface area contributed by atoms with E-state index in [4.69, 9.17) is 11.6 Å². The summed E-state index contributed by atoms with van der Waals surface area (Å²) in [7, 11) is 0. The third-order valence-electron chi connectivity index (χ3n) is 5.41. The monoisotopic (exact) mass is 448 g/mol. The highest BCUT2D eigenvalue weighted by molar-refractivity contribution is 6.33. The Morgan fingerprint density at radius 2 is 1.90 bits per heavy atom. The summed E-state index contributed by atoms with van der Waals surface area (Å²) in [5.41, 5.74) is -1.25. The van der Waals surface area contributed by atoms with E-state index in [0.717, 1.165) is 54.0 Å². The molecule has 1 aliphatic rings. The molecule has 1 aliphatic carbocycles. The molecule has 1 heterocycles. The molecule has 0 saturated heterocycles. The number of ketones is 1. The van der Waals surface area contributed by atoms with Gasteiger partial charge in [-0.3, -0.25) is 14.4 Å². The van der Waals surface area contributed by atoms with Gasteiger partial charge in [-0.2, -0.15) is 9.78 Å². The van der Waals surface area contributed by atoms with Gasteiger partial charge >= 0.3 is 5.69 Å². The molecule has 0 radical (unpaired) electrons. The minimum Gasteiger partial charge on any atom is -0.373 e. The molecule has 1 aromatic heterocycles. The Morgan fingerprint density at radius 3 is 2.55 bits per heavy atom. The highest BCUT2D eigenvalue weighted by Gasteiger charge is 2.24. The molecule has 9 nitrogen and oxygen atoms in total. The van der Waals surface area contributed by atoms with Gasteiger partial charge in [-0.1, -0.05) is 37.3 Å². The molecule has 166 valence electrons. The molecule has 3 rings (SSSR count). The smallest absolute Gasteiger partial charge is 0.352 e.